The Morgan fingerprint density at radius 2 is 1.74 bits per heavy atom. The minimum Gasteiger partial charge on any atom is -0.377 e. The molecule has 0 spiro atoms. The topological polar surface area (TPSA) is 32.3 Å². The molecule has 1 fully saturated rings. The second-order valence-electron chi connectivity index (χ2n) is 7.60. The molecule has 1 N–H and O–H groups in total. The van der Waals surface area contributed by atoms with Gasteiger partial charge >= 0.3 is 0 Å². The van der Waals surface area contributed by atoms with E-state index in [0.29, 0.717) is 15.6 Å². The van der Waals surface area contributed by atoms with Crippen molar-refractivity contribution >= 4 is 34.8 Å². The number of anilines is 1. The number of amides is 1. The molecule has 0 unspecified atom stereocenters. The van der Waals surface area contributed by atoms with Crippen LogP contribution < -0.4 is 10.2 Å². The van der Waals surface area contributed by atoms with E-state index in [2.05, 4.69) is 48.6 Å². The lowest BCUT2D eigenvalue weighted by atomic mass is 9.77. The highest BCUT2D eigenvalue weighted by atomic mass is 35.5. The first-order valence-electron chi connectivity index (χ1n) is 9.44. The van der Waals surface area contributed by atoms with Crippen LogP contribution >= 0.6 is 23.2 Å². The standard InChI is InChI=1S/C22H26Cl2N2O/c1-26(2)19-12-5-4-9-16(19)15-22(13-6-3-7-14-22)25-21(27)17-10-8-11-18(23)20(17)24/h4-5,8-12H,3,6-7,13-15H2,1-2H3,(H,25,27). The zero-order chi connectivity index (χ0) is 19.4. The summed E-state index contributed by atoms with van der Waals surface area (Å²) in [4.78, 5) is 15.2. The predicted octanol–water partition coefficient (Wildman–Crippen LogP) is 5.73. The minimum atomic E-state index is -0.257. The van der Waals surface area contributed by atoms with Crippen LogP contribution in [0.2, 0.25) is 10.0 Å². The summed E-state index contributed by atoms with van der Waals surface area (Å²) in [5.74, 6) is -0.147. The van der Waals surface area contributed by atoms with E-state index in [1.54, 1.807) is 18.2 Å². The van der Waals surface area contributed by atoms with Gasteiger partial charge in [-0.3, -0.25) is 4.79 Å². The van der Waals surface area contributed by atoms with E-state index < -0.39 is 0 Å². The van der Waals surface area contributed by atoms with Gasteiger partial charge < -0.3 is 10.2 Å². The summed E-state index contributed by atoms with van der Waals surface area (Å²) in [6, 6.07) is 13.6. The maximum Gasteiger partial charge on any atom is 0.253 e. The molecule has 1 aliphatic rings. The fourth-order valence-corrected chi connectivity index (χ4v) is 4.41. The van der Waals surface area contributed by atoms with Gasteiger partial charge in [-0.2, -0.15) is 0 Å². The van der Waals surface area contributed by atoms with Crippen molar-refractivity contribution in [1.29, 1.82) is 0 Å². The molecule has 5 heteroatoms. The SMILES string of the molecule is CN(C)c1ccccc1CC1(NC(=O)c2cccc(Cl)c2Cl)CCCCC1. The largest absolute Gasteiger partial charge is 0.377 e. The fourth-order valence-electron chi connectivity index (χ4n) is 4.02. The molecule has 27 heavy (non-hydrogen) atoms. The van der Waals surface area contributed by atoms with Gasteiger partial charge in [0.1, 0.15) is 0 Å². The first kappa shape index (κ1) is 20.0. The molecule has 2 aromatic carbocycles. The van der Waals surface area contributed by atoms with E-state index in [0.717, 1.165) is 32.1 Å². The Bertz CT molecular complexity index is 814. The Morgan fingerprint density at radius 1 is 1.04 bits per heavy atom. The van der Waals surface area contributed by atoms with E-state index in [-0.39, 0.29) is 11.4 Å². The van der Waals surface area contributed by atoms with Crippen molar-refractivity contribution in [3.63, 3.8) is 0 Å². The fraction of sp³-hybridized carbons (Fsp3) is 0.409. The Labute approximate surface area is 171 Å². The number of hydrogen-bond acceptors (Lipinski definition) is 2. The summed E-state index contributed by atoms with van der Waals surface area (Å²) < 4.78 is 0. The van der Waals surface area contributed by atoms with E-state index in [9.17, 15) is 4.79 Å². The zero-order valence-corrected chi connectivity index (χ0v) is 17.4. The summed E-state index contributed by atoms with van der Waals surface area (Å²) in [6.07, 6.45) is 6.20. The van der Waals surface area contributed by atoms with Crippen molar-refractivity contribution in [2.24, 2.45) is 0 Å². The number of hydrogen-bond donors (Lipinski definition) is 1. The van der Waals surface area contributed by atoms with Gasteiger partial charge in [-0.25, -0.2) is 0 Å². The van der Waals surface area contributed by atoms with Crippen LogP contribution in [0.3, 0.4) is 0 Å². The first-order valence-corrected chi connectivity index (χ1v) is 10.2. The molecule has 0 aliphatic heterocycles. The van der Waals surface area contributed by atoms with Gasteiger partial charge in [0.15, 0.2) is 0 Å². The summed E-state index contributed by atoms with van der Waals surface area (Å²) in [7, 11) is 4.10. The highest BCUT2D eigenvalue weighted by molar-refractivity contribution is 6.43. The number of rotatable bonds is 5. The third-order valence-electron chi connectivity index (χ3n) is 5.39. The number of nitrogens with zero attached hydrogens (tertiary/aromatic N) is 1. The molecular formula is C22H26Cl2N2O. The Kier molecular flexibility index (Phi) is 6.33. The lowest BCUT2D eigenvalue weighted by Gasteiger charge is -2.39. The summed E-state index contributed by atoms with van der Waals surface area (Å²) in [6.45, 7) is 0. The molecular weight excluding hydrogens is 379 g/mol. The number of nitrogens with one attached hydrogen (secondary N) is 1. The molecule has 3 rings (SSSR count). The smallest absolute Gasteiger partial charge is 0.253 e. The highest BCUT2D eigenvalue weighted by Gasteiger charge is 2.35. The molecule has 0 aromatic heterocycles. The van der Waals surface area contributed by atoms with Gasteiger partial charge in [0.05, 0.1) is 15.6 Å². The quantitative estimate of drug-likeness (QED) is 0.689. The van der Waals surface area contributed by atoms with Crippen molar-refractivity contribution in [3.05, 3.63) is 63.6 Å². The van der Waals surface area contributed by atoms with Gasteiger partial charge in [0, 0.05) is 25.3 Å². The van der Waals surface area contributed by atoms with Crippen LogP contribution in [0, 0.1) is 0 Å². The van der Waals surface area contributed by atoms with Gasteiger partial charge in [-0.1, -0.05) is 66.7 Å². The van der Waals surface area contributed by atoms with Gasteiger partial charge in [0.25, 0.3) is 5.91 Å². The Morgan fingerprint density at radius 3 is 2.44 bits per heavy atom. The van der Waals surface area contributed by atoms with Crippen molar-refractivity contribution in [2.45, 2.75) is 44.1 Å². The molecule has 1 aliphatic carbocycles. The monoisotopic (exact) mass is 404 g/mol. The normalized spacial score (nSPS) is 16.0. The van der Waals surface area contributed by atoms with Gasteiger partial charge in [0.2, 0.25) is 0 Å². The molecule has 0 radical (unpaired) electrons. The lowest BCUT2D eigenvalue weighted by Crippen LogP contribution is -2.51. The maximum atomic E-state index is 13.0. The van der Waals surface area contributed by atoms with Crippen LogP contribution in [-0.2, 0) is 6.42 Å². The van der Waals surface area contributed by atoms with Crippen molar-refractivity contribution in [1.82, 2.24) is 5.32 Å². The summed E-state index contributed by atoms with van der Waals surface area (Å²) in [5.41, 5.74) is 2.63. The number of carbonyl (C=O) groups excluding carboxylic acids is 1. The van der Waals surface area contributed by atoms with Crippen LogP contribution in [0.5, 0.6) is 0 Å². The molecule has 0 heterocycles. The van der Waals surface area contributed by atoms with Crippen LogP contribution in [0.4, 0.5) is 5.69 Å². The van der Waals surface area contributed by atoms with Gasteiger partial charge in [-0.15, -0.1) is 0 Å². The third-order valence-corrected chi connectivity index (χ3v) is 6.21. The predicted molar refractivity (Wildman–Crippen MR) is 114 cm³/mol. The van der Waals surface area contributed by atoms with Gasteiger partial charge in [-0.05, 0) is 43.0 Å². The van der Waals surface area contributed by atoms with Crippen LogP contribution in [-0.4, -0.2) is 25.5 Å². The number of para-hydroxylation sites is 1. The summed E-state index contributed by atoms with van der Waals surface area (Å²) in [5, 5.41) is 4.05. The average Bonchev–Trinajstić information content (AvgIpc) is 2.64. The van der Waals surface area contributed by atoms with Crippen molar-refractivity contribution in [3.8, 4) is 0 Å². The molecule has 3 nitrogen and oxygen atoms in total. The number of halogens is 2. The number of carbonyl (C=O) groups is 1. The van der Waals surface area contributed by atoms with Crippen LogP contribution in [0.25, 0.3) is 0 Å². The van der Waals surface area contributed by atoms with E-state index in [1.807, 2.05) is 0 Å². The molecule has 1 amide bonds. The van der Waals surface area contributed by atoms with Crippen LogP contribution in [0.1, 0.15) is 48.0 Å². The molecule has 1 saturated carbocycles. The Balaban J connectivity index is 1.90. The second-order valence-corrected chi connectivity index (χ2v) is 8.38. The van der Waals surface area contributed by atoms with E-state index in [4.69, 9.17) is 23.2 Å². The molecule has 0 saturated heterocycles. The molecule has 144 valence electrons. The minimum absolute atomic E-state index is 0.147. The molecule has 0 atom stereocenters. The van der Waals surface area contributed by atoms with E-state index in [1.165, 1.54) is 17.7 Å². The first-order chi connectivity index (χ1) is 12.9. The van der Waals surface area contributed by atoms with Crippen molar-refractivity contribution in [2.75, 3.05) is 19.0 Å². The maximum absolute atomic E-state index is 13.0. The molecule has 2 aromatic rings. The van der Waals surface area contributed by atoms with Crippen LogP contribution in [0.15, 0.2) is 42.5 Å². The zero-order valence-electron chi connectivity index (χ0n) is 15.9. The third kappa shape index (κ3) is 4.59. The number of benzene rings is 2. The molecule has 0 bridgehead atoms. The lowest BCUT2D eigenvalue weighted by molar-refractivity contribution is 0.0868. The van der Waals surface area contributed by atoms with Crippen molar-refractivity contribution < 1.29 is 4.79 Å². The Hall–Kier alpha value is -1.71. The average molecular weight is 405 g/mol. The van der Waals surface area contributed by atoms with E-state index >= 15 is 0 Å². The summed E-state index contributed by atoms with van der Waals surface area (Å²) >= 11 is 12.4. The highest BCUT2D eigenvalue weighted by Crippen LogP contribution is 2.35. The second kappa shape index (κ2) is 8.53.